The maximum atomic E-state index is 4.50. The van der Waals surface area contributed by atoms with Crippen LogP contribution in [0.15, 0.2) is 6.07 Å². The van der Waals surface area contributed by atoms with Gasteiger partial charge in [0.05, 0.1) is 0 Å². The molecule has 1 N–H and O–H groups in total. The van der Waals surface area contributed by atoms with Crippen LogP contribution in [-0.4, -0.2) is 30.1 Å². The minimum atomic E-state index is 0.401. The molecule has 1 aliphatic rings. The first-order valence-electron chi connectivity index (χ1n) is 5.78. The van der Waals surface area contributed by atoms with E-state index in [4.69, 9.17) is 0 Å². The van der Waals surface area contributed by atoms with Gasteiger partial charge in [-0.05, 0) is 18.8 Å². The number of rotatable bonds is 2. The van der Waals surface area contributed by atoms with Crippen LogP contribution < -0.4 is 10.2 Å². The summed E-state index contributed by atoms with van der Waals surface area (Å²) in [6.07, 6.45) is 1.23. The summed E-state index contributed by atoms with van der Waals surface area (Å²) in [5.41, 5.74) is 1.41. The van der Waals surface area contributed by atoms with E-state index in [1.165, 1.54) is 6.42 Å². The Kier molecular flexibility index (Phi) is 2.74. The largest absolute Gasteiger partial charge is 0.357 e. The van der Waals surface area contributed by atoms with Gasteiger partial charge in [0, 0.05) is 31.9 Å². The van der Waals surface area contributed by atoms with Crippen molar-refractivity contribution in [1.82, 2.24) is 9.97 Å². The van der Waals surface area contributed by atoms with E-state index in [-0.39, 0.29) is 0 Å². The van der Waals surface area contributed by atoms with E-state index in [1.807, 2.05) is 14.0 Å². The van der Waals surface area contributed by atoms with E-state index in [0.29, 0.717) is 11.4 Å². The zero-order valence-electron chi connectivity index (χ0n) is 10.5. The molecule has 16 heavy (non-hydrogen) atoms. The molecule has 2 heterocycles. The van der Waals surface area contributed by atoms with Crippen LogP contribution >= 0.6 is 0 Å². The van der Waals surface area contributed by atoms with Gasteiger partial charge in [0.25, 0.3) is 0 Å². The molecule has 1 saturated heterocycles. The van der Waals surface area contributed by atoms with E-state index < -0.39 is 0 Å². The molecule has 0 amide bonds. The van der Waals surface area contributed by atoms with Gasteiger partial charge in [0.2, 0.25) is 5.95 Å². The fraction of sp³-hybridized carbons (Fsp3) is 0.667. The highest BCUT2D eigenvalue weighted by molar-refractivity contribution is 5.45. The summed E-state index contributed by atoms with van der Waals surface area (Å²) in [4.78, 5) is 11.2. The number of anilines is 2. The summed E-state index contributed by atoms with van der Waals surface area (Å²) in [6, 6.07) is 2.06. The van der Waals surface area contributed by atoms with Crippen molar-refractivity contribution in [3.05, 3.63) is 11.8 Å². The summed E-state index contributed by atoms with van der Waals surface area (Å²) < 4.78 is 0. The SMILES string of the molecule is CNc1nc(C)cc(N2CCC(C)(C)C2)n1. The van der Waals surface area contributed by atoms with Crippen molar-refractivity contribution in [3.63, 3.8) is 0 Å². The molecule has 4 nitrogen and oxygen atoms in total. The van der Waals surface area contributed by atoms with E-state index in [0.717, 1.165) is 24.6 Å². The Hall–Kier alpha value is -1.32. The predicted molar refractivity (Wildman–Crippen MR) is 66.9 cm³/mol. The average molecular weight is 220 g/mol. The van der Waals surface area contributed by atoms with Crippen LogP contribution in [0.1, 0.15) is 26.0 Å². The van der Waals surface area contributed by atoms with E-state index in [1.54, 1.807) is 0 Å². The molecule has 0 aliphatic carbocycles. The number of aromatic nitrogens is 2. The molecule has 1 aromatic heterocycles. The van der Waals surface area contributed by atoms with Crippen LogP contribution in [0.5, 0.6) is 0 Å². The van der Waals surface area contributed by atoms with Gasteiger partial charge in [-0.3, -0.25) is 0 Å². The molecule has 0 atom stereocenters. The highest BCUT2D eigenvalue weighted by Crippen LogP contribution is 2.31. The maximum absolute atomic E-state index is 4.50. The van der Waals surface area contributed by atoms with E-state index in [9.17, 15) is 0 Å². The quantitative estimate of drug-likeness (QED) is 0.828. The number of aryl methyl sites for hydroxylation is 1. The topological polar surface area (TPSA) is 41.1 Å². The molecule has 0 radical (unpaired) electrons. The minimum Gasteiger partial charge on any atom is -0.357 e. The van der Waals surface area contributed by atoms with Gasteiger partial charge in [-0.2, -0.15) is 4.98 Å². The fourth-order valence-corrected chi connectivity index (χ4v) is 2.13. The lowest BCUT2D eigenvalue weighted by Crippen LogP contribution is -2.24. The minimum absolute atomic E-state index is 0.401. The third-order valence-electron chi connectivity index (χ3n) is 3.07. The van der Waals surface area contributed by atoms with Gasteiger partial charge in [0.1, 0.15) is 5.82 Å². The lowest BCUT2D eigenvalue weighted by Gasteiger charge is -2.21. The molecule has 1 aromatic rings. The molecule has 0 spiro atoms. The second-order valence-corrected chi connectivity index (χ2v) is 5.28. The maximum Gasteiger partial charge on any atom is 0.224 e. The predicted octanol–water partition coefficient (Wildman–Crippen LogP) is 2.06. The Morgan fingerprint density at radius 2 is 2.12 bits per heavy atom. The zero-order chi connectivity index (χ0) is 11.8. The molecule has 1 aliphatic heterocycles. The highest BCUT2D eigenvalue weighted by Gasteiger charge is 2.30. The van der Waals surface area contributed by atoms with Gasteiger partial charge in [0.15, 0.2) is 0 Å². The molecule has 0 bridgehead atoms. The van der Waals surface area contributed by atoms with Crippen LogP contribution in [-0.2, 0) is 0 Å². The van der Waals surface area contributed by atoms with Crippen molar-refractivity contribution in [2.75, 3.05) is 30.4 Å². The number of nitrogens with one attached hydrogen (secondary N) is 1. The van der Waals surface area contributed by atoms with Crippen LogP contribution in [0.2, 0.25) is 0 Å². The smallest absolute Gasteiger partial charge is 0.224 e. The molecule has 0 unspecified atom stereocenters. The second-order valence-electron chi connectivity index (χ2n) is 5.28. The van der Waals surface area contributed by atoms with E-state index in [2.05, 4.69) is 40.1 Å². The monoisotopic (exact) mass is 220 g/mol. The van der Waals surface area contributed by atoms with Crippen molar-refractivity contribution < 1.29 is 0 Å². The van der Waals surface area contributed by atoms with Crippen molar-refractivity contribution in [2.24, 2.45) is 5.41 Å². The van der Waals surface area contributed by atoms with Crippen molar-refractivity contribution >= 4 is 11.8 Å². The first-order valence-corrected chi connectivity index (χ1v) is 5.78. The van der Waals surface area contributed by atoms with Gasteiger partial charge in [-0.15, -0.1) is 0 Å². The molecule has 4 heteroatoms. The molecular weight excluding hydrogens is 200 g/mol. The van der Waals surface area contributed by atoms with Gasteiger partial charge < -0.3 is 10.2 Å². The lowest BCUT2D eigenvalue weighted by atomic mass is 9.93. The van der Waals surface area contributed by atoms with Crippen molar-refractivity contribution in [2.45, 2.75) is 27.2 Å². The summed E-state index contributed by atoms with van der Waals surface area (Å²) in [5.74, 6) is 1.75. The molecule has 0 saturated carbocycles. The van der Waals surface area contributed by atoms with Crippen LogP contribution in [0, 0.1) is 12.3 Å². The van der Waals surface area contributed by atoms with Gasteiger partial charge >= 0.3 is 0 Å². The molecular formula is C12H20N4. The first-order chi connectivity index (χ1) is 7.50. The van der Waals surface area contributed by atoms with Crippen LogP contribution in [0.25, 0.3) is 0 Å². The highest BCUT2D eigenvalue weighted by atomic mass is 15.2. The number of hydrogen-bond donors (Lipinski definition) is 1. The molecule has 88 valence electrons. The van der Waals surface area contributed by atoms with Gasteiger partial charge in [-0.1, -0.05) is 13.8 Å². The summed E-state index contributed by atoms with van der Waals surface area (Å²) in [7, 11) is 1.85. The fourth-order valence-electron chi connectivity index (χ4n) is 2.13. The summed E-state index contributed by atoms with van der Waals surface area (Å²) in [5, 5.41) is 3.00. The van der Waals surface area contributed by atoms with Crippen LogP contribution in [0.4, 0.5) is 11.8 Å². The molecule has 1 fully saturated rings. The Bertz CT molecular complexity index is 387. The Morgan fingerprint density at radius 3 is 2.69 bits per heavy atom. The average Bonchev–Trinajstić information content (AvgIpc) is 2.58. The van der Waals surface area contributed by atoms with Crippen LogP contribution in [0.3, 0.4) is 0 Å². The first kappa shape index (κ1) is 11.2. The standard InChI is InChI=1S/C12H20N4/c1-9-7-10(15-11(13-4)14-9)16-6-5-12(2,3)8-16/h7H,5-6,8H2,1-4H3,(H,13,14,15). The Morgan fingerprint density at radius 1 is 1.38 bits per heavy atom. The van der Waals surface area contributed by atoms with Crippen molar-refractivity contribution in [1.29, 1.82) is 0 Å². The summed E-state index contributed by atoms with van der Waals surface area (Å²) >= 11 is 0. The second kappa shape index (κ2) is 3.92. The molecule has 0 aromatic carbocycles. The lowest BCUT2D eigenvalue weighted by molar-refractivity contribution is 0.418. The number of nitrogens with zero attached hydrogens (tertiary/aromatic N) is 3. The normalized spacial score (nSPS) is 18.9. The van der Waals surface area contributed by atoms with Gasteiger partial charge in [-0.25, -0.2) is 4.98 Å². The third kappa shape index (κ3) is 2.26. The van der Waals surface area contributed by atoms with E-state index >= 15 is 0 Å². The zero-order valence-corrected chi connectivity index (χ0v) is 10.5. The Labute approximate surface area is 97.1 Å². The molecule has 2 rings (SSSR count). The summed E-state index contributed by atoms with van der Waals surface area (Å²) in [6.45, 7) is 8.78. The Balaban J connectivity index is 2.24. The number of hydrogen-bond acceptors (Lipinski definition) is 4. The van der Waals surface area contributed by atoms with Crippen molar-refractivity contribution in [3.8, 4) is 0 Å². The third-order valence-corrected chi connectivity index (χ3v) is 3.07.